The third kappa shape index (κ3) is 6.37. The molecule has 1 aliphatic carbocycles. The number of nitrogens with zero attached hydrogens (tertiary/aromatic N) is 2. The molecule has 0 aliphatic heterocycles. The van der Waals surface area contributed by atoms with Crippen molar-refractivity contribution in [1.29, 1.82) is 0 Å². The molecule has 22 heavy (non-hydrogen) atoms. The minimum atomic E-state index is 0. The van der Waals surface area contributed by atoms with Crippen LogP contribution in [0.1, 0.15) is 38.3 Å². The molecule has 6 heteroatoms. The van der Waals surface area contributed by atoms with Gasteiger partial charge in [0.15, 0.2) is 5.96 Å². The van der Waals surface area contributed by atoms with Crippen LogP contribution in [0.4, 0.5) is 0 Å². The second-order valence-corrected chi connectivity index (χ2v) is 5.54. The summed E-state index contributed by atoms with van der Waals surface area (Å²) in [4.78, 5) is 16.3. The highest BCUT2D eigenvalue weighted by atomic mass is 127. The first kappa shape index (κ1) is 19.0. The first-order valence-corrected chi connectivity index (χ1v) is 7.92. The number of rotatable bonds is 7. The molecule has 2 N–H and O–H groups in total. The Morgan fingerprint density at radius 1 is 1.36 bits per heavy atom. The van der Waals surface area contributed by atoms with Crippen molar-refractivity contribution in [1.82, 2.24) is 15.2 Å². The number of aromatic nitrogens is 1. The summed E-state index contributed by atoms with van der Waals surface area (Å²) in [5.41, 5.74) is 1.11. The van der Waals surface area contributed by atoms with Crippen molar-refractivity contribution in [2.45, 2.75) is 52.1 Å². The summed E-state index contributed by atoms with van der Waals surface area (Å²) in [5, 5.41) is 6.67. The van der Waals surface area contributed by atoms with Gasteiger partial charge in [0.25, 0.3) is 5.56 Å². The Kier molecular flexibility index (Phi) is 8.52. The summed E-state index contributed by atoms with van der Waals surface area (Å²) < 4.78 is 1.83. The third-order valence-electron chi connectivity index (χ3n) is 3.59. The molecule has 1 saturated carbocycles. The van der Waals surface area contributed by atoms with Crippen LogP contribution in [0, 0.1) is 6.92 Å². The number of hydrogen-bond acceptors (Lipinski definition) is 2. The topological polar surface area (TPSA) is 58.4 Å². The fraction of sp³-hybridized carbons (Fsp3) is 0.625. The van der Waals surface area contributed by atoms with E-state index in [1.807, 2.05) is 23.6 Å². The van der Waals surface area contributed by atoms with Crippen LogP contribution in [0.25, 0.3) is 0 Å². The minimum absolute atomic E-state index is 0. The molecule has 0 bridgehead atoms. The van der Waals surface area contributed by atoms with E-state index in [1.165, 1.54) is 12.8 Å². The number of nitrogens with one attached hydrogen (secondary N) is 2. The maximum absolute atomic E-state index is 11.7. The highest BCUT2D eigenvalue weighted by molar-refractivity contribution is 14.0. The zero-order valence-electron chi connectivity index (χ0n) is 13.5. The Balaban J connectivity index is 0.00000242. The quantitative estimate of drug-likeness (QED) is 0.309. The molecule has 0 radical (unpaired) electrons. The minimum Gasteiger partial charge on any atom is -0.357 e. The van der Waals surface area contributed by atoms with E-state index in [0.29, 0.717) is 6.04 Å². The van der Waals surface area contributed by atoms with E-state index in [9.17, 15) is 4.79 Å². The lowest BCUT2D eigenvalue weighted by Crippen LogP contribution is -2.38. The average molecular weight is 418 g/mol. The van der Waals surface area contributed by atoms with Crippen LogP contribution in [0.5, 0.6) is 0 Å². The summed E-state index contributed by atoms with van der Waals surface area (Å²) in [5.74, 6) is 0.924. The largest absolute Gasteiger partial charge is 0.357 e. The lowest BCUT2D eigenvalue weighted by Gasteiger charge is -2.11. The van der Waals surface area contributed by atoms with Crippen molar-refractivity contribution in [3.63, 3.8) is 0 Å². The summed E-state index contributed by atoms with van der Waals surface area (Å²) in [6.07, 6.45) is 4.46. The molecule has 1 aromatic heterocycles. The molecular weight excluding hydrogens is 391 g/mol. The molecule has 1 fully saturated rings. The van der Waals surface area contributed by atoms with Gasteiger partial charge in [0.2, 0.25) is 0 Å². The zero-order chi connectivity index (χ0) is 15.1. The molecule has 0 amide bonds. The second kappa shape index (κ2) is 9.86. The van der Waals surface area contributed by atoms with Gasteiger partial charge in [-0.15, -0.1) is 24.0 Å². The Labute approximate surface area is 149 Å². The molecule has 0 aromatic carbocycles. The molecule has 1 aromatic rings. The standard InChI is InChI=1S/C16H26N4O.HI/c1-3-17-16(19-14-9-10-14)18-11-4-5-12-20-13(2)7-6-8-15(20)21;/h6-8,14H,3-5,9-12H2,1-2H3,(H2,17,18,19);1H. The monoisotopic (exact) mass is 418 g/mol. The number of guanidine groups is 1. The van der Waals surface area contributed by atoms with Crippen LogP contribution in [-0.2, 0) is 6.54 Å². The summed E-state index contributed by atoms with van der Waals surface area (Å²) in [6, 6.07) is 6.02. The number of aliphatic imine (C=N–C) groups is 1. The van der Waals surface area contributed by atoms with Crippen molar-refractivity contribution in [3.8, 4) is 0 Å². The van der Waals surface area contributed by atoms with Crippen LogP contribution in [-0.4, -0.2) is 29.7 Å². The molecule has 0 atom stereocenters. The third-order valence-corrected chi connectivity index (χ3v) is 3.59. The van der Waals surface area contributed by atoms with Crippen molar-refractivity contribution in [3.05, 3.63) is 34.2 Å². The first-order valence-electron chi connectivity index (χ1n) is 7.92. The smallest absolute Gasteiger partial charge is 0.250 e. The van der Waals surface area contributed by atoms with Gasteiger partial charge in [-0.1, -0.05) is 6.07 Å². The van der Waals surface area contributed by atoms with Crippen LogP contribution < -0.4 is 16.2 Å². The summed E-state index contributed by atoms with van der Waals surface area (Å²) in [7, 11) is 0. The highest BCUT2D eigenvalue weighted by Crippen LogP contribution is 2.18. The maximum atomic E-state index is 11.7. The van der Waals surface area contributed by atoms with E-state index < -0.39 is 0 Å². The van der Waals surface area contributed by atoms with E-state index in [2.05, 4.69) is 22.5 Å². The molecular formula is C16H27IN4O. The van der Waals surface area contributed by atoms with Crippen molar-refractivity contribution in [2.75, 3.05) is 13.1 Å². The van der Waals surface area contributed by atoms with Crippen molar-refractivity contribution < 1.29 is 0 Å². The van der Waals surface area contributed by atoms with Gasteiger partial charge in [-0.3, -0.25) is 9.79 Å². The number of pyridine rings is 1. The van der Waals surface area contributed by atoms with Crippen LogP contribution in [0.3, 0.4) is 0 Å². The van der Waals surface area contributed by atoms with Crippen molar-refractivity contribution in [2.24, 2.45) is 4.99 Å². The van der Waals surface area contributed by atoms with Gasteiger partial charge < -0.3 is 15.2 Å². The summed E-state index contributed by atoms with van der Waals surface area (Å²) >= 11 is 0. The Hall–Kier alpha value is -1.05. The lowest BCUT2D eigenvalue weighted by molar-refractivity contribution is 0.585. The Morgan fingerprint density at radius 3 is 2.77 bits per heavy atom. The maximum Gasteiger partial charge on any atom is 0.250 e. The van der Waals surface area contributed by atoms with Gasteiger partial charge in [0.1, 0.15) is 0 Å². The van der Waals surface area contributed by atoms with Crippen LogP contribution in [0.2, 0.25) is 0 Å². The van der Waals surface area contributed by atoms with Crippen molar-refractivity contribution >= 4 is 29.9 Å². The van der Waals surface area contributed by atoms with Crippen LogP contribution in [0.15, 0.2) is 28.0 Å². The van der Waals surface area contributed by atoms with Crippen LogP contribution >= 0.6 is 24.0 Å². The number of unbranched alkanes of at least 4 members (excludes halogenated alkanes) is 1. The molecule has 1 aliphatic rings. The molecule has 5 nitrogen and oxygen atoms in total. The van der Waals surface area contributed by atoms with E-state index in [1.54, 1.807) is 6.07 Å². The lowest BCUT2D eigenvalue weighted by atomic mass is 10.3. The normalized spacial score (nSPS) is 14.4. The molecule has 0 saturated heterocycles. The Morgan fingerprint density at radius 2 is 2.14 bits per heavy atom. The molecule has 0 unspecified atom stereocenters. The Bertz CT molecular complexity index is 537. The predicted octanol–water partition coefficient (Wildman–Crippen LogP) is 2.27. The number of aryl methyl sites for hydroxylation is 1. The fourth-order valence-electron chi connectivity index (χ4n) is 2.22. The molecule has 124 valence electrons. The first-order chi connectivity index (χ1) is 10.2. The van der Waals surface area contributed by atoms with E-state index in [4.69, 9.17) is 0 Å². The predicted molar refractivity (Wildman–Crippen MR) is 102 cm³/mol. The van der Waals surface area contributed by atoms with Gasteiger partial charge in [-0.2, -0.15) is 0 Å². The molecule has 2 rings (SSSR count). The molecule has 0 spiro atoms. The van der Waals surface area contributed by atoms with Gasteiger partial charge in [-0.25, -0.2) is 0 Å². The van der Waals surface area contributed by atoms with E-state index in [0.717, 1.165) is 44.1 Å². The highest BCUT2D eigenvalue weighted by Gasteiger charge is 2.21. The fourth-order valence-corrected chi connectivity index (χ4v) is 2.22. The molecule has 1 heterocycles. The van der Waals surface area contributed by atoms with E-state index >= 15 is 0 Å². The average Bonchev–Trinajstić information content (AvgIpc) is 3.25. The number of halogens is 1. The van der Waals surface area contributed by atoms with Gasteiger partial charge in [-0.05, 0) is 45.6 Å². The summed E-state index contributed by atoms with van der Waals surface area (Å²) in [6.45, 7) is 6.50. The SMILES string of the molecule is CCNC(=NCCCCn1c(C)cccc1=O)NC1CC1.I. The van der Waals surface area contributed by atoms with E-state index in [-0.39, 0.29) is 29.5 Å². The zero-order valence-corrected chi connectivity index (χ0v) is 15.8. The van der Waals surface area contributed by atoms with Gasteiger partial charge in [0.05, 0.1) is 0 Å². The second-order valence-electron chi connectivity index (χ2n) is 5.54. The van der Waals surface area contributed by atoms with Gasteiger partial charge >= 0.3 is 0 Å². The number of hydrogen-bond donors (Lipinski definition) is 2. The van der Waals surface area contributed by atoms with Gasteiger partial charge in [0, 0.05) is 37.4 Å².